The van der Waals surface area contributed by atoms with E-state index < -0.39 is 23.9 Å². The van der Waals surface area contributed by atoms with E-state index in [9.17, 15) is 18.4 Å². The summed E-state index contributed by atoms with van der Waals surface area (Å²) in [6.45, 7) is 3.36. The standard InChI is InChI=1S/C21H17BrClF2N5O5/c1-9(2)27-20(32)15-16(10(22)7-13-17(15)35-21(24,25)34-13)28-19(31)12-8-14(33-3)29-30(12)18-11(23)5-4-6-26-18/h4-9H,1-3H3,(H,27,32)(H,28,31). The van der Waals surface area contributed by atoms with Crippen LogP contribution in [0.4, 0.5) is 14.5 Å². The van der Waals surface area contributed by atoms with Crippen LogP contribution < -0.4 is 24.8 Å². The fourth-order valence-corrected chi connectivity index (χ4v) is 3.93. The Kier molecular flexibility index (Phi) is 6.56. The third kappa shape index (κ3) is 4.86. The Bertz CT molecular complexity index is 1330. The Morgan fingerprint density at radius 1 is 1.26 bits per heavy atom. The largest absolute Gasteiger partial charge is 0.586 e. The molecule has 0 aliphatic carbocycles. The molecule has 0 unspecified atom stereocenters. The number of pyridine rings is 1. The smallest absolute Gasteiger partial charge is 0.480 e. The van der Waals surface area contributed by atoms with Crippen LogP contribution in [-0.4, -0.2) is 46.0 Å². The molecule has 35 heavy (non-hydrogen) atoms. The van der Waals surface area contributed by atoms with Gasteiger partial charge in [-0.15, -0.1) is 13.9 Å². The molecule has 0 saturated carbocycles. The van der Waals surface area contributed by atoms with Crippen molar-refractivity contribution in [2.24, 2.45) is 0 Å². The lowest BCUT2D eigenvalue weighted by molar-refractivity contribution is -0.286. The molecular weight excluding hydrogens is 556 g/mol. The van der Waals surface area contributed by atoms with Gasteiger partial charge in [-0.2, -0.15) is 0 Å². The van der Waals surface area contributed by atoms with Crippen molar-refractivity contribution in [2.75, 3.05) is 12.4 Å². The number of rotatable bonds is 6. The lowest BCUT2D eigenvalue weighted by Crippen LogP contribution is -2.32. The number of hydrogen-bond acceptors (Lipinski definition) is 7. The van der Waals surface area contributed by atoms with Gasteiger partial charge in [0.25, 0.3) is 11.8 Å². The number of amides is 2. The minimum absolute atomic E-state index is 0.0624. The van der Waals surface area contributed by atoms with E-state index in [0.29, 0.717) is 0 Å². The van der Waals surface area contributed by atoms with Crippen LogP contribution in [0.5, 0.6) is 17.4 Å². The summed E-state index contributed by atoms with van der Waals surface area (Å²) in [6, 6.07) is 5.29. The fraction of sp³-hybridized carbons (Fsp3) is 0.238. The van der Waals surface area contributed by atoms with E-state index in [-0.39, 0.29) is 49.9 Å². The van der Waals surface area contributed by atoms with Crippen LogP contribution in [0.2, 0.25) is 5.02 Å². The number of carbonyl (C=O) groups is 2. The Hall–Kier alpha value is -3.45. The molecule has 14 heteroatoms. The molecule has 0 bridgehead atoms. The van der Waals surface area contributed by atoms with Gasteiger partial charge in [0.2, 0.25) is 5.88 Å². The molecule has 184 valence electrons. The highest BCUT2D eigenvalue weighted by Crippen LogP contribution is 2.49. The number of nitrogens with zero attached hydrogens (tertiary/aromatic N) is 3. The van der Waals surface area contributed by atoms with Crippen LogP contribution in [0, 0.1) is 0 Å². The number of hydrogen-bond donors (Lipinski definition) is 2. The van der Waals surface area contributed by atoms with Gasteiger partial charge in [-0.25, -0.2) is 9.67 Å². The summed E-state index contributed by atoms with van der Waals surface area (Å²) >= 11 is 9.43. The molecule has 0 radical (unpaired) electrons. The molecule has 0 saturated heterocycles. The number of fused-ring (bicyclic) bond motifs is 1. The van der Waals surface area contributed by atoms with E-state index in [2.05, 4.69) is 46.1 Å². The Morgan fingerprint density at radius 3 is 2.66 bits per heavy atom. The monoisotopic (exact) mass is 571 g/mol. The molecule has 4 rings (SSSR count). The third-order valence-electron chi connectivity index (χ3n) is 4.60. The first-order chi connectivity index (χ1) is 16.5. The highest BCUT2D eigenvalue weighted by Gasteiger charge is 2.47. The lowest BCUT2D eigenvalue weighted by Gasteiger charge is -2.17. The SMILES string of the molecule is COc1cc(C(=O)Nc2c(Br)cc3c(c2C(=O)NC(C)C)OC(F)(F)O3)n(-c2ncccc2Cl)n1. The number of carbonyl (C=O) groups excluding carboxylic acids is 2. The van der Waals surface area contributed by atoms with Gasteiger partial charge in [-0.3, -0.25) is 9.59 Å². The first-order valence-corrected chi connectivity index (χ1v) is 11.2. The van der Waals surface area contributed by atoms with Crippen molar-refractivity contribution in [3.05, 3.63) is 51.2 Å². The molecule has 2 aromatic heterocycles. The first-order valence-electron chi connectivity index (χ1n) is 10.00. The van der Waals surface area contributed by atoms with E-state index in [1.165, 1.54) is 19.4 Å². The molecule has 2 N–H and O–H groups in total. The predicted octanol–water partition coefficient (Wildman–Crippen LogP) is 4.40. The van der Waals surface area contributed by atoms with Crippen LogP contribution in [0.25, 0.3) is 5.82 Å². The summed E-state index contributed by atoms with van der Waals surface area (Å²) < 4.78 is 43.1. The Labute approximate surface area is 210 Å². The van der Waals surface area contributed by atoms with Gasteiger partial charge in [-0.1, -0.05) is 11.6 Å². The Morgan fingerprint density at radius 2 is 2.00 bits per heavy atom. The van der Waals surface area contributed by atoms with Crippen LogP contribution in [0.3, 0.4) is 0 Å². The number of halogens is 4. The lowest BCUT2D eigenvalue weighted by atomic mass is 10.1. The van der Waals surface area contributed by atoms with Crippen LogP contribution >= 0.6 is 27.5 Å². The van der Waals surface area contributed by atoms with E-state index in [4.69, 9.17) is 16.3 Å². The Balaban J connectivity index is 1.81. The molecule has 0 spiro atoms. The average molecular weight is 573 g/mol. The van der Waals surface area contributed by atoms with Crippen molar-refractivity contribution < 1.29 is 32.6 Å². The van der Waals surface area contributed by atoms with Gasteiger partial charge in [0, 0.05) is 28.8 Å². The molecule has 3 aromatic rings. The number of anilines is 1. The van der Waals surface area contributed by atoms with Crippen LogP contribution in [-0.2, 0) is 0 Å². The van der Waals surface area contributed by atoms with E-state index in [1.807, 2.05) is 0 Å². The number of benzene rings is 1. The van der Waals surface area contributed by atoms with Crippen molar-refractivity contribution >= 4 is 45.0 Å². The zero-order valence-electron chi connectivity index (χ0n) is 18.4. The van der Waals surface area contributed by atoms with Crippen molar-refractivity contribution in [2.45, 2.75) is 26.2 Å². The minimum atomic E-state index is -3.99. The van der Waals surface area contributed by atoms with Crippen molar-refractivity contribution in [3.63, 3.8) is 0 Å². The van der Waals surface area contributed by atoms with Gasteiger partial charge < -0.3 is 24.8 Å². The fourth-order valence-electron chi connectivity index (χ4n) is 3.22. The molecule has 1 aliphatic rings. The maximum absolute atomic E-state index is 13.8. The van der Waals surface area contributed by atoms with Crippen molar-refractivity contribution in [1.29, 1.82) is 0 Å². The highest BCUT2D eigenvalue weighted by molar-refractivity contribution is 9.10. The third-order valence-corrected chi connectivity index (χ3v) is 5.52. The zero-order valence-corrected chi connectivity index (χ0v) is 20.7. The second kappa shape index (κ2) is 9.30. The van der Waals surface area contributed by atoms with Crippen molar-refractivity contribution in [1.82, 2.24) is 20.1 Å². The maximum atomic E-state index is 13.8. The van der Waals surface area contributed by atoms with E-state index >= 15 is 0 Å². The van der Waals surface area contributed by atoms with Crippen LogP contribution in [0.1, 0.15) is 34.7 Å². The van der Waals surface area contributed by atoms with Crippen LogP contribution in [0.15, 0.2) is 34.9 Å². The predicted molar refractivity (Wildman–Crippen MR) is 124 cm³/mol. The molecule has 0 atom stereocenters. The summed E-state index contributed by atoms with van der Waals surface area (Å²) in [5, 5.41) is 9.53. The maximum Gasteiger partial charge on any atom is 0.586 e. The molecule has 2 amide bonds. The first kappa shape index (κ1) is 24.7. The van der Waals surface area contributed by atoms with Crippen molar-refractivity contribution in [3.8, 4) is 23.2 Å². The number of methoxy groups -OCH3 is 1. The summed E-state index contributed by atoms with van der Waals surface area (Å²) in [6.07, 6.45) is -2.53. The quantitative estimate of drug-likeness (QED) is 0.450. The topological polar surface area (TPSA) is 117 Å². The summed E-state index contributed by atoms with van der Waals surface area (Å²) in [4.78, 5) is 30.5. The van der Waals surface area contributed by atoms with Gasteiger partial charge >= 0.3 is 6.29 Å². The molecular formula is C21H17BrClF2N5O5. The number of aromatic nitrogens is 3. The van der Waals surface area contributed by atoms with Gasteiger partial charge in [0.1, 0.15) is 11.3 Å². The number of nitrogens with one attached hydrogen (secondary N) is 2. The second-order valence-corrected chi connectivity index (χ2v) is 8.74. The van der Waals surface area contributed by atoms with Gasteiger partial charge in [0.15, 0.2) is 17.3 Å². The zero-order chi connectivity index (χ0) is 25.5. The van der Waals surface area contributed by atoms with Gasteiger partial charge in [-0.05, 0) is 41.9 Å². The molecule has 0 fully saturated rings. The normalized spacial score (nSPS) is 13.6. The van der Waals surface area contributed by atoms with Gasteiger partial charge in [0.05, 0.1) is 17.8 Å². The number of alkyl halides is 2. The average Bonchev–Trinajstić information content (AvgIpc) is 3.33. The molecule has 1 aliphatic heterocycles. The van der Waals surface area contributed by atoms with E-state index in [0.717, 1.165) is 10.7 Å². The minimum Gasteiger partial charge on any atom is -0.480 e. The van der Waals surface area contributed by atoms with E-state index in [1.54, 1.807) is 26.0 Å². The molecule has 3 heterocycles. The molecule has 1 aromatic carbocycles. The molecule has 10 nitrogen and oxygen atoms in total. The summed E-state index contributed by atoms with van der Waals surface area (Å²) in [7, 11) is 1.36. The number of ether oxygens (including phenoxy) is 3. The highest BCUT2D eigenvalue weighted by atomic mass is 79.9. The second-order valence-electron chi connectivity index (χ2n) is 7.48. The summed E-state index contributed by atoms with van der Waals surface area (Å²) in [5.41, 5.74) is -0.554. The summed E-state index contributed by atoms with van der Waals surface area (Å²) in [5.74, 6) is -2.21.